The molecule has 18 heavy (non-hydrogen) atoms. The Balaban J connectivity index is 1.83. The molecule has 1 amide bonds. The van der Waals surface area contributed by atoms with Crippen LogP contribution in [0.1, 0.15) is 37.7 Å². The van der Waals surface area contributed by atoms with E-state index < -0.39 is 0 Å². The summed E-state index contributed by atoms with van der Waals surface area (Å²) in [6.07, 6.45) is 2.52. The summed E-state index contributed by atoms with van der Waals surface area (Å²) >= 11 is 1.99. The Kier molecular flexibility index (Phi) is 4.59. The van der Waals surface area contributed by atoms with Gasteiger partial charge in [-0.15, -0.1) is 0 Å². The van der Waals surface area contributed by atoms with Gasteiger partial charge in [-0.25, -0.2) is 4.39 Å². The second kappa shape index (κ2) is 5.99. The van der Waals surface area contributed by atoms with E-state index in [0.717, 1.165) is 24.9 Å². The van der Waals surface area contributed by atoms with Gasteiger partial charge in [-0.3, -0.25) is 4.79 Å². The maximum absolute atomic E-state index is 13.4. The molecular weight excluding hydrogens is 344 g/mol. The first-order valence-electron chi connectivity index (χ1n) is 6.33. The largest absolute Gasteiger partial charge is 0.356 e. The number of carbonyl (C=O) groups is 1. The van der Waals surface area contributed by atoms with Gasteiger partial charge in [0, 0.05) is 16.5 Å². The van der Waals surface area contributed by atoms with Crippen LogP contribution in [0.3, 0.4) is 0 Å². The topological polar surface area (TPSA) is 29.1 Å². The van der Waals surface area contributed by atoms with Crippen molar-refractivity contribution >= 4 is 28.5 Å². The average Bonchev–Trinajstić information content (AvgIpc) is 3.10. The summed E-state index contributed by atoms with van der Waals surface area (Å²) in [7, 11) is 0. The third-order valence-electron chi connectivity index (χ3n) is 3.33. The van der Waals surface area contributed by atoms with Crippen LogP contribution in [0.25, 0.3) is 0 Å². The molecule has 2 unspecified atom stereocenters. The molecular formula is C14H17FINO. The Morgan fingerprint density at radius 3 is 3.00 bits per heavy atom. The molecule has 4 heteroatoms. The maximum atomic E-state index is 13.4. The highest BCUT2D eigenvalue weighted by atomic mass is 127. The van der Waals surface area contributed by atoms with Gasteiger partial charge in [-0.2, -0.15) is 0 Å². The molecule has 0 heterocycles. The van der Waals surface area contributed by atoms with E-state index in [2.05, 4.69) is 5.32 Å². The lowest BCUT2D eigenvalue weighted by atomic mass is 10.1. The Labute approximate surface area is 120 Å². The summed E-state index contributed by atoms with van der Waals surface area (Å²) in [4.78, 5) is 11.3. The van der Waals surface area contributed by atoms with Crippen molar-refractivity contribution in [1.29, 1.82) is 0 Å². The highest BCUT2D eigenvalue weighted by molar-refractivity contribution is 14.1. The van der Waals surface area contributed by atoms with Gasteiger partial charge >= 0.3 is 0 Å². The number of carbonyl (C=O) groups excluding carboxylic acids is 1. The lowest BCUT2D eigenvalue weighted by Gasteiger charge is -2.04. The van der Waals surface area contributed by atoms with Crippen LogP contribution in [0, 0.1) is 15.3 Å². The van der Waals surface area contributed by atoms with Gasteiger partial charge in [0.25, 0.3) is 0 Å². The fraction of sp³-hybridized carbons (Fsp3) is 0.500. The predicted molar refractivity (Wildman–Crippen MR) is 77.9 cm³/mol. The minimum atomic E-state index is -0.145. The number of benzene rings is 1. The summed E-state index contributed by atoms with van der Waals surface area (Å²) in [5.41, 5.74) is 1.06. The van der Waals surface area contributed by atoms with Crippen LogP contribution in [-0.2, 0) is 4.79 Å². The summed E-state index contributed by atoms with van der Waals surface area (Å²) in [5.74, 6) is 0.870. The van der Waals surface area contributed by atoms with Gasteiger partial charge in [0.15, 0.2) is 0 Å². The first-order chi connectivity index (χ1) is 8.61. The van der Waals surface area contributed by atoms with Crippen molar-refractivity contribution in [3.8, 4) is 0 Å². The van der Waals surface area contributed by atoms with Crippen LogP contribution in [0.15, 0.2) is 18.2 Å². The van der Waals surface area contributed by atoms with Crippen molar-refractivity contribution in [2.75, 3.05) is 6.54 Å². The number of nitrogens with one attached hydrogen (secondary N) is 1. The van der Waals surface area contributed by atoms with E-state index in [-0.39, 0.29) is 11.7 Å². The fourth-order valence-electron chi connectivity index (χ4n) is 2.18. The van der Waals surface area contributed by atoms with Crippen LogP contribution in [0.5, 0.6) is 0 Å². The third-order valence-corrected chi connectivity index (χ3v) is 4.21. The molecule has 1 saturated carbocycles. The van der Waals surface area contributed by atoms with Crippen molar-refractivity contribution in [1.82, 2.24) is 5.32 Å². The zero-order valence-corrected chi connectivity index (χ0v) is 12.5. The molecule has 0 aromatic heterocycles. The normalized spacial score (nSPS) is 21.7. The lowest BCUT2D eigenvalue weighted by molar-refractivity contribution is -0.121. The molecule has 0 bridgehead atoms. The molecule has 2 nitrogen and oxygen atoms in total. The fourth-order valence-corrected chi connectivity index (χ4v) is 2.52. The molecule has 0 radical (unpaired) electrons. The van der Waals surface area contributed by atoms with E-state index in [0.29, 0.717) is 21.8 Å². The summed E-state index contributed by atoms with van der Waals surface area (Å²) < 4.78 is 14.1. The quantitative estimate of drug-likeness (QED) is 0.800. The Morgan fingerprint density at radius 1 is 1.56 bits per heavy atom. The molecule has 1 aromatic carbocycles. The van der Waals surface area contributed by atoms with Gasteiger partial charge in [0.2, 0.25) is 5.91 Å². The molecule has 0 saturated heterocycles. The summed E-state index contributed by atoms with van der Waals surface area (Å²) in [6.45, 7) is 2.71. The summed E-state index contributed by atoms with van der Waals surface area (Å²) in [5, 5.41) is 2.94. The molecule has 1 fully saturated rings. The van der Waals surface area contributed by atoms with Gasteiger partial charge in [-0.05, 0) is 65.0 Å². The van der Waals surface area contributed by atoms with E-state index >= 15 is 0 Å². The Morgan fingerprint density at radius 2 is 2.33 bits per heavy atom. The molecule has 1 aliphatic carbocycles. The van der Waals surface area contributed by atoms with Crippen molar-refractivity contribution in [3.05, 3.63) is 33.1 Å². The molecule has 98 valence electrons. The molecule has 1 aromatic rings. The molecule has 0 spiro atoms. The first kappa shape index (κ1) is 13.8. The van der Waals surface area contributed by atoms with Gasteiger partial charge in [-0.1, -0.05) is 13.0 Å². The maximum Gasteiger partial charge on any atom is 0.219 e. The molecule has 2 atom stereocenters. The van der Waals surface area contributed by atoms with Crippen molar-refractivity contribution in [2.45, 2.75) is 32.1 Å². The lowest BCUT2D eigenvalue weighted by Crippen LogP contribution is -2.25. The minimum absolute atomic E-state index is 0.122. The SMILES string of the molecule is CCCC(=O)NCC1CC1c1ccc(I)c(F)c1. The van der Waals surface area contributed by atoms with Crippen LogP contribution in [0.2, 0.25) is 0 Å². The predicted octanol–water partition coefficient (Wildman–Crippen LogP) is 3.45. The second-order valence-electron chi connectivity index (χ2n) is 4.83. The zero-order valence-electron chi connectivity index (χ0n) is 10.4. The number of hydrogen-bond donors (Lipinski definition) is 1. The summed E-state index contributed by atoms with van der Waals surface area (Å²) in [6, 6.07) is 5.43. The average molecular weight is 361 g/mol. The van der Waals surface area contributed by atoms with E-state index in [9.17, 15) is 9.18 Å². The Bertz CT molecular complexity index is 449. The van der Waals surface area contributed by atoms with Gasteiger partial charge < -0.3 is 5.32 Å². The highest BCUT2D eigenvalue weighted by Gasteiger charge is 2.38. The standard InChI is InChI=1S/C14H17FINO/c1-2-3-14(18)17-8-10-6-11(10)9-4-5-13(16)12(15)7-9/h4-5,7,10-11H,2-3,6,8H2,1H3,(H,17,18). The molecule has 1 aliphatic rings. The molecule has 0 aliphatic heterocycles. The number of halogens is 2. The highest BCUT2D eigenvalue weighted by Crippen LogP contribution is 2.47. The van der Waals surface area contributed by atoms with E-state index in [1.807, 2.05) is 41.6 Å². The second-order valence-corrected chi connectivity index (χ2v) is 5.99. The van der Waals surface area contributed by atoms with Gasteiger partial charge in [0.05, 0.1) is 0 Å². The number of amides is 1. The van der Waals surface area contributed by atoms with Crippen LogP contribution >= 0.6 is 22.6 Å². The van der Waals surface area contributed by atoms with Gasteiger partial charge in [0.1, 0.15) is 5.82 Å². The van der Waals surface area contributed by atoms with Crippen molar-refractivity contribution in [3.63, 3.8) is 0 Å². The molecule has 2 rings (SSSR count). The van der Waals surface area contributed by atoms with Crippen molar-refractivity contribution < 1.29 is 9.18 Å². The number of hydrogen-bond acceptors (Lipinski definition) is 1. The Hall–Kier alpha value is -0.650. The number of rotatable bonds is 5. The van der Waals surface area contributed by atoms with Crippen LogP contribution < -0.4 is 5.32 Å². The first-order valence-corrected chi connectivity index (χ1v) is 7.41. The zero-order chi connectivity index (χ0) is 13.1. The smallest absolute Gasteiger partial charge is 0.219 e. The third kappa shape index (κ3) is 3.43. The minimum Gasteiger partial charge on any atom is -0.356 e. The van der Waals surface area contributed by atoms with Crippen LogP contribution in [0.4, 0.5) is 4.39 Å². The molecule has 1 N–H and O–H groups in total. The van der Waals surface area contributed by atoms with Crippen LogP contribution in [-0.4, -0.2) is 12.5 Å². The van der Waals surface area contributed by atoms with Crippen molar-refractivity contribution in [2.24, 2.45) is 5.92 Å². The van der Waals surface area contributed by atoms with E-state index in [4.69, 9.17) is 0 Å². The van der Waals surface area contributed by atoms with E-state index in [1.54, 1.807) is 6.07 Å². The van der Waals surface area contributed by atoms with E-state index in [1.165, 1.54) is 0 Å². The monoisotopic (exact) mass is 361 g/mol.